The minimum Gasteiger partial charge on any atom is -0.240 e. The van der Waals surface area contributed by atoms with E-state index in [1.165, 1.54) is 5.57 Å². The molecule has 62 valence electrons. The Hall–Kier alpha value is -1.70. The number of aliphatic imine (C=N–C) groups is 2. The van der Waals surface area contributed by atoms with E-state index in [1.54, 1.807) is 6.34 Å². The first kappa shape index (κ1) is 6.78. The Balaban J connectivity index is 2.23. The fourth-order valence-corrected chi connectivity index (χ4v) is 1.85. The van der Waals surface area contributed by atoms with Crippen molar-refractivity contribution in [1.29, 1.82) is 0 Å². The van der Waals surface area contributed by atoms with Crippen molar-refractivity contribution in [2.45, 2.75) is 0 Å². The fraction of sp³-hybridized carbons (Fsp3) is 0.0909. The molecule has 13 heavy (non-hydrogen) atoms. The van der Waals surface area contributed by atoms with Gasteiger partial charge in [0.2, 0.25) is 0 Å². The molecular weight excluding hydrogens is 160 g/mol. The highest BCUT2D eigenvalue weighted by atomic mass is 14.9. The highest BCUT2D eigenvalue weighted by Crippen LogP contribution is 2.32. The predicted octanol–water partition coefficient (Wildman–Crippen LogP) is 2.04. The molecule has 0 fully saturated rings. The normalized spacial score (nSPS) is 27.7. The summed E-state index contributed by atoms with van der Waals surface area (Å²) in [6.45, 7) is 0. The van der Waals surface area contributed by atoms with Crippen molar-refractivity contribution in [3.05, 3.63) is 47.7 Å². The Morgan fingerprint density at radius 3 is 3.00 bits per heavy atom. The molecular formula is C11H8N2. The van der Waals surface area contributed by atoms with Crippen LogP contribution in [0.15, 0.2) is 57.7 Å². The van der Waals surface area contributed by atoms with E-state index >= 15 is 0 Å². The summed E-state index contributed by atoms with van der Waals surface area (Å²) < 4.78 is 0. The fourth-order valence-electron chi connectivity index (χ4n) is 1.85. The number of allylic oxidation sites excluding steroid dienone is 7. The lowest BCUT2D eigenvalue weighted by atomic mass is 9.83. The molecule has 0 saturated heterocycles. The lowest BCUT2D eigenvalue weighted by Crippen LogP contribution is -2.22. The third kappa shape index (κ3) is 0.886. The molecule has 0 aromatic heterocycles. The molecule has 1 atom stereocenters. The van der Waals surface area contributed by atoms with Crippen LogP contribution in [0, 0.1) is 5.92 Å². The van der Waals surface area contributed by atoms with E-state index < -0.39 is 0 Å². The van der Waals surface area contributed by atoms with E-state index in [1.807, 2.05) is 24.3 Å². The molecule has 3 aliphatic rings. The van der Waals surface area contributed by atoms with Gasteiger partial charge in [0.15, 0.2) is 0 Å². The second kappa shape index (κ2) is 2.39. The second-order valence-electron chi connectivity index (χ2n) is 3.21. The van der Waals surface area contributed by atoms with Crippen molar-refractivity contribution in [3.63, 3.8) is 0 Å². The van der Waals surface area contributed by atoms with Gasteiger partial charge < -0.3 is 0 Å². The summed E-state index contributed by atoms with van der Waals surface area (Å²) in [7, 11) is 0. The van der Waals surface area contributed by atoms with Crippen molar-refractivity contribution < 1.29 is 0 Å². The first-order valence-corrected chi connectivity index (χ1v) is 4.32. The maximum Gasteiger partial charge on any atom is 0.116 e. The number of nitrogens with zero attached hydrogens (tertiary/aromatic N) is 2. The monoisotopic (exact) mass is 168 g/mol. The van der Waals surface area contributed by atoms with Gasteiger partial charge >= 0.3 is 0 Å². The van der Waals surface area contributed by atoms with E-state index in [0.29, 0.717) is 5.92 Å². The third-order valence-electron chi connectivity index (χ3n) is 2.45. The zero-order chi connectivity index (χ0) is 8.67. The van der Waals surface area contributed by atoms with Crippen LogP contribution in [-0.4, -0.2) is 12.1 Å². The molecule has 1 unspecified atom stereocenters. The van der Waals surface area contributed by atoms with Crippen molar-refractivity contribution in [2.75, 3.05) is 0 Å². The van der Waals surface area contributed by atoms with Crippen LogP contribution in [0.2, 0.25) is 0 Å². The van der Waals surface area contributed by atoms with Gasteiger partial charge in [0.25, 0.3) is 0 Å². The van der Waals surface area contributed by atoms with Crippen molar-refractivity contribution >= 4 is 12.1 Å². The van der Waals surface area contributed by atoms with Crippen LogP contribution in [0.3, 0.4) is 0 Å². The van der Waals surface area contributed by atoms with Crippen molar-refractivity contribution in [1.82, 2.24) is 0 Å². The largest absolute Gasteiger partial charge is 0.240 e. The third-order valence-corrected chi connectivity index (χ3v) is 2.45. The summed E-state index contributed by atoms with van der Waals surface area (Å²) in [5.41, 5.74) is 3.49. The highest BCUT2D eigenvalue weighted by Gasteiger charge is 2.26. The zero-order valence-electron chi connectivity index (χ0n) is 7.01. The summed E-state index contributed by atoms with van der Waals surface area (Å²) >= 11 is 0. The van der Waals surface area contributed by atoms with Crippen LogP contribution in [0.4, 0.5) is 0 Å². The quantitative estimate of drug-likeness (QED) is 0.528. The SMILES string of the molecule is C1=CC2=CC=CC3=NC=NC(=C1)C23. The second-order valence-corrected chi connectivity index (χ2v) is 3.21. The highest BCUT2D eigenvalue weighted by molar-refractivity contribution is 6.07. The minimum absolute atomic E-state index is 0.292. The van der Waals surface area contributed by atoms with Gasteiger partial charge in [-0.15, -0.1) is 0 Å². The van der Waals surface area contributed by atoms with Crippen LogP contribution in [0.25, 0.3) is 0 Å². The van der Waals surface area contributed by atoms with Crippen molar-refractivity contribution in [3.8, 4) is 0 Å². The van der Waals surface area contributed by atoms with E-state index in [2.05, 4.69) is 22.1 Å². The summed E-state index contributed by atoms with van der Waals surface area (Å²) in [5.74, 6) is 0.292. The first-order valence-electron chi connectivity index (χ1n) is 4.32. The van der Waals surface area contributed by atoms with Gasteiger partial charge in [-0.05, 0) is 17.7 Å². The average molecular weight is 168 g/mol. The number of hydrogen-bond acceptors (Lipinski definition) is 2. The molecule has 1 aliphatic heterocycles. The molecule has 2 nitrogen and oxygen atoms in total. The Kier molecular flexibility index (Phi) is 1.25. The molecule has 0 spiro atoms. The van der Waals surface area contributed by atoms with Gasteiger partial charge in [0.05, 0.1) is 17.3 Å². The van der Waals surface area contributed by atoms with Gasteiger partial charge in [0.1, 0.15) is 6.34 Å². The maximum atomic E-state index is 4.26. The van der Waals surface area contributed by atoms with Crippen molar-refractivity contribution in [2.24, 2.45) is 15.9 Å². The topological polar surface area (TPSA) is 24.7 Å². The van der Waals surface area contributed by atoms with Crippen LogP contribution >= 0.6 is 0 Å². The number of hydrogen-bond donors (Lipinski definition) is 0. The molecule has 0 amide bonds. The predicted molar refractivity (Wildman–Crippen MR) is 53.9 cm³/mol. The molecule has 0 aromatic carbocycles. The zero-order valence-corrected chi connectivity index (χ0v) is 7.01. The average Bonchev–Trinajstić information content (AvgIpc) is 2.19. The standard InChI is InChI=1S/C11H8N2/c1-3-8-4-2-6-10-11(8)9(5-1)12-7-13-10/h1-7,11H. The van der Waals surface area contributed by atoms with E-state index in [9.17, 15) is 0 Å². The Morgan fingerprint density at radius 2 is 2.00 bits per heavy atom. The molecule has 0 radical (unpaired) electrons. The molecule has 0 aromatic rings. The Morgan fingerprint density at radius 1 is 1.08 bits per heavy atom. The van der Waals surface area contributed by atoms with Crippen LogP contribution in [-0.2, 0) is 0 Å². The Labute approximate surface area is 76.4 Å². The van der Waals surface area contributed by atoms with E-state index in [4.69, 9.17) is 0 Å². The summed E-state index contributed by atoms with van der Waals surface area (Å²) in [4.78, 5) is 8.51. The van der Waals surface area contributed by atoms with Crippen LogP contribution in [0.1, 0.15) is 0 Å². The van der Waals surface area contributed by atoms with E-state index in [0.717, 1.165) is 11.4 Å². The van der Waals surface area contributed by atoms with Crippen LogP contribution < -0.4 is 0 Å². The smallest absolute Gasteiger partial charge is 0.116 e. The summed E-state index contributed by atoms with van der Waals surface area (Å²) in [5, 5.41) is 0. The molecule has 2 heteroatoms. The van der Waals surface area contributed by atoms with E-state index in [-0.39, 0.29) is 0 Å². The van der Waals surface area contributed by atoms with Gasteiger partial charge in [-0.3, -0.25) is 0 Å². The molecule has 0 saturated carbocycles. The Bertz CT molecular complexity index is 364. The molecule has 1 heterocycles. The molecule has 3 rings (SSSR count). The summed E-state index contributed by atoms with van der Waals surface area (Å²) in [6, 6.07) is 0. The first-order chi connectivity index (χ1) is 6.45. The number of rotatable bonds is 0. The molecule has 0 N–H and O–H groups in total. The lowest BCUT2D eigenvalue weighted by molar-refractivity contribution is 0.927. The molecule has 0 bridgehead atoms. The molecule has 2 aliphatic carbocycles. The summed E-state index contributed by atoms with van der Waals surface area (Å²) in [6.07, 6.45) is 14.0. The maximum absolute atomic E-state index is 4.26. The lowest BCUT2D eigenvalue weighted by Gasteiger charge is -2.25. The van der Waals surface area contributed by atoms with Gasteiger partial charge in [-0.25, -0.2) is 9.98 Å². The minimum atomic E-state index is 0.292. The van der Waals surface area contributed by atoms with Gasteiger partial charge in [0, 0.05) is 0 Å². The van der Waals surface area contributed by atoms with Gasteiger partial charge in [-0.2, -0.15) is 0 Å². The van der Waals surface area contributed by atoms with Gasteiger partial charge in [-0.1, -0.05) is 24.3 Å². The van der Waals surface area contributed by atoms with Crippen LogP contribution in [0.5, 0.6) is 0 Å².